The number of anilines is 1. The number of amides is 1. The lowest BCUT2D eigenvalue weighted by Gasteiger charge is -2.40. The molecule has 0 radical (unpaired) electrons. The molecule has 156 valence electrons. The molecule has 1 N–H and O–H groups in total. The minimum absolute atomic E-state index is 0.322. The fourth-order valence-electron chi connectivity index (χ4n) is 4.39. The second kappa shape index (κ2) is 9.00. The number of carboxylic acid groups (broad SMARTS) is 1. The van der Waals surface area contributed by atoms with Crippen molar-refractivity contribution in [2.45, 2.75) is 18.8 Å². The highest BCUT2D eigenvalue weighted by Gasteiger charge is 2.42. The van der Waals surface area contributed by atoms with Crippen LogP contribution in [0.1, 0.15) is 28.5 Å². The Morgan fingerprint density at radius 3 is 1.68 bits per heavy atom. The van der Waals surface area contributed by atoms with E-state index in [-0.39, 0.29) is 11.8 Å². The Kier molecular flexibility index (Phi) is 5.99. The first-order valence-corrected chi connectivity index (χ1v) is 10.4. The molecule has 0 fully saturated rings. The number of hydrogen-bond donors (Lipinski definition) is 1. The van der Waals surface area contributed by atoms with Crippen LogP contribution in [0.15, 0.2) is 97.1 Å². The summed E-state index contributed by atoms with van der Waals surface area (Å²) < 4.78 is 0. The lowest BCUT2D eigenvalue weighted by Crippen LogP contribution is -2.47. The van der Waals surface area contributed by atoms with Crippen LogP contribution >= 0.6 is 0 Å². The number of carbonyl (C=O) groups is 2. The third-order valence-electron chi connectivity index (χ3n) is 5.95. The Balaban J connectivity index is 1.76. The second-order valence-electron chi connectivity index (χ2n) is 7.98. The van der Waals surface area contributed by atoms with Crippen molar-refractivity contribution in [3.63, 3.8) is 0 Å². The standard InChI is InChI=1S/C27H25NO3/c1-18-12-14-21(15-13-18)28-26(29)24-22(19-8-4-2-5-9-19)16-17-23(25(24)27(30)31)20-10-6-3-7-11-20/h2-17,22-25H,1H3,(H,28,29)(H,30,31)/p-1/t22-,23+,24-,25-/m0/s1. The number of rotatable bonds is 5. The van der Waals surface area contributed by atoms with Crippen LogP contribution in [0.2, 0.25) is 0 Å². The van der Waals surface area contributed by atoms with E-state index in [1.165, 1.54) is 0 Å². The topological polar surface area (TPSA) is 69.2 Å². The Morgan fingerprint density at radius 1 is 0.710 bits per heavy atom. The number of aliphatic carboxylic acids is 1. The summed E-state index contributed by atoms with van der Waals surface area (Å²) in [6.07, 6.45) is 3.87. The fraction of sp³-hybridized carbons (Fsp3) is 0.185. The third-order valence-corrected chi connectivity index (χ3v) is 5.95. The van der Waals surface area contributed by atoms with E-state index in [1.807, 2.05) is 104 Å². The molecule has 4 rings (SSSR count). The van der Waals surface area contributed by atoms with Gasteiger partial charge >= 0.3 is 0 Å². The Bertz CT molecular complexity index is 1070. The van der Waals surface area contributed by atoms with Gasteiger partial charge in [0.15, 0.2) is 0 Å². The van der Waals surface area contributed by atoms with Gasteiger partial charge in [-0.3, -0.25) is 4.79 Å². The van der Waals surface area contributed by atoms with E-state index in [2.05, 4.69) is 5.32 Å². The van der Waals surface area contributed by atoms with Crippen LogP contribution in [0.3, 0.4) is 0 Å². The monoisotopic (exact) mass is 410 g/mol. The van der Waals surface area contributed by atoms with Gasteiger partial charge in [0, 0.05) is 29.4 Å². The van der Waals surface area contributed by atoms with Crippen LogP contribution in [0.4, 0.5) is 5.69 Å². The maximum absolute atomic E-state index is 13.5. The van der Waals surface area contributed by atoms with Crippen LogP contribution in [-0.2, 0) is 9.59 Å². The first-order chi connectivity index (χ1) is 15.0. The number of nitrogens with one attached hydrogen (secondary N) is 1. The predicted octanol–water partition coefficient (Wildman–Crippen LogP) is 4.05. The van der Waals surface area contributed by atoms with E-state index in [1.54, 1.807) is 0 Å². The van der Waals surface area contributed by atoms with E-state index >= 15 is 0 Å². The van der Waals surface area contributed by atoms with Gasteiger partial charge in [-0.2, -0.15) is 0 Å². The zero-order chi connectivity index (χ0) is 21.8. The number of benzene rings is 3. The normalized spacial score (nSPS) is 22.6. The van der Waals surface area contributed by atoms with Crippen molar-refractivity contribution in [1.82, 2.24) is 0 Å². The van der Waals surface area contributed by atoms with Gasteiger partial charge in [-0.15, -0.1) is 0 Å². The smallest absolute Gasteiger partial charge is 0.229 e. The lowest BCUT2D eigenvalue weighted by atomic mass is 9.66. The van der Waals surface area contributed by atoms with Crippen molar-refractivity contribution >= 4 is 17.6 Å². The zero-order valence-corrected chi connectivity index (χ0v) is 17.3. The molecule has 0 bridgehead atoms. The largest absolute Gasteiger partial charge is 0.550 e. The molecule has 0 aliphatic heterocycles. The molecule has 0 unspecified atom stereocenters. The molecular formula is C27H24NO3-. The van der Waals surface area contributed by atoms with Crippen molar-refractivity contribution in [2.75, 3.05) is 5.32 Å². The van der Waals surface area contributed by atoms with Gasteiger partial charge in [-0.25, -0.2) is 0 Å². The molecule has 1 aliphatic carbocycles. The summed E-state index contributed by atoms with van der Waals surface area (Å²) in [7, 11) is 0. The molecule has 1 amide bonds. The van der Waals surface area contributed by atoms with Crippen LogP contribution in [0.25, 0.3) is 0 Å². The molecule has 4 nitrogen and oxygen atoms in total. The van der Waals surface area contributed by atoms with Gasteiger partial charge in [-0.05, 0) is 30.2 Å². The van der Waals surface area contributed by atoms with Gasteiger partial charge in [0.2, 0.25) is 5.91 Å². The zero-order valence-electron chi connectivity index (χ0n) is 17.3. The van der Waals surface area contributed by atoms with Gasteiger partial charge < -0.3 is 15.2 Å². The molecule has 0 spiro atoms. The SMILES string of the molecule is Cc1ccc(NC(=O)[C@@H]2[C@@H](C(=O)[O-])[C@@H](c3ccccc3)C=C[C@H]2c2ccccc2)cc1. The first kappa shape index (κ1) is 20.6. The van der Waals surface area contributed by atoms with Crippen LogP contribution in [0.5, 0.6) is 0 Å². The van der Waals surface area contributed by atoms with E-state index in [0.717, 1.165) is 16.7 Å². The average molecular weight is 410 g/mol. The van der Waals surface area contributed by atoms with Crippen LogP contribution < -0.4 is 10.4 Å². The van der Waals surface area contributed by atoms with Crippen LogP contribution in [0, 0.1) is 18.8 Å². The molecule has 3 aromatic rings. The van der Waals surface area contributed by atoms with E-state index in [4.69, 9.17) is 0 Å². The minimum atomic E-state index is -1.22. The second-order valence-corrected chi connectivity index (χ2v) is 7.98. The minimum Gasteiger partial charge on any atom is -0.550 e. The number of carboxylic acids is 1. The summed E-state index contributed by atoms with van der Waals surface area (Å²) in [5, 5.41) is 15.3. The number of aryl methyl sites for hydroxylation is 1. The van der Waals surface area contributed by atoms with Crippen LogP contribution in [-0.4, -0.2) is 11.9 Å². The number of allylic oxidation sites excluding steroid dienone is 2. The molecule has 0 heterocycles. The quantitative estimate of drug-likeness (QED) is 0.645. The molecule has 0 saturated heterocycles. The number of hydrogen-bond acceptors (Lipinski definition) is 3. The van der Waals surface area contributed by atoms with Gasteiger partial charge in [-0.1, -0.05) is 90.5 Å². The van der Waals surface area contributed by atoms with Crippen molar-refractivity contribution in [1.29, 1.82) is 0 Å². The Labute approximate surface area is 182 Å². The van der Waals surface area contributed by atoms with Gasteiger partial charge in [0.25, 0.3) is 0 Å². The molecule has 4 heteroatoms. The highest BCUT2D eigenvalue weighted by atomic mass is 16.4. The molecule has 4 atom stereocenters. The Morgan fingerprint density at radius 2 is 1.19 bits per heavy atom. The first-order valence-electron chi connectivity index (χ1n) is 10.4. The molecule has 0 aromatic heterocycles. The maximum Gasteiger partial charge on any atom is 0.229 e. The van der Waals surface area contributed by atoms with Crippen molar-refractivity contribution in [3.8, 4) is 0 Å². The molecular weight excluding hydrogens is 386 g/mol. The summed E-state index contributed by atoms with van der Waals surface area (Å²) in [5.41, 5.74) is 3.48. The molecule has 0 saturated carbocycles. The molecule has 1 aliphatic rings. The fourth-order valence-corrected chi connectivity index (χ4v) is 4.39. The summed E-state index contributed by atoms with van der Waals surface area (Å²) in [6, 6.07) is 26.4. The van der Waals surface area contributed by atoms with Crippen molar-refractivity contribution in [2.24, 2.45) is 11.8 Å². The Hall–Kier alpha value is -3.66. The molecule has 31 heavy (non-hydrogen) atoms. The highest BCUT2D eigenvalue weighted by Crippen LogP contribution is 2.44. The van der Waals surface area contributed by atoms with Crippen molar-refractivity contribution < 1.29 is 14.7 Å². The summed E-state index contributed by atoms with van der Waals surface area (Å²) in [6.45, 7) is 1.97. The third kappa shape index (κ3) is 4.43. The predicted molar refractivity (Wildman–Crippen MR) is 119 cm³/mol. The summed E-state index contributed by atoms with van der Waals surface area (Å²) in [5.74, 6) is -4.17. The highest BCUT2D eigenvalue weighted by molar-refractivity contribution is 5.96. The molecule has 3 aromatic carbocycles. The van der Waals surface area contributed by atoms with Gasteiger partial charge in [0.1, 0.15) is 0 Å². The summed E-state index contributed by atoms with van der Waals surface area (Å²) >= 11 is 0. The van der Waals surface area contributed by atoms with E-state index < -0.39 is 23.7 Å². The van der Waals surface area contributed by atoms with Crippen molar-refractivity contribution in [3.05, 3.63) is 114 Å². The average Bonchev–Trinajstić information content (AvgIpc) is 2.80. The van der Waals surface area contributed by atoms with Gasteiger partial charge in [0.05, 0.1) is 5.92 Å². The lowest BCUT2D eigenvalue weighted by molar-refractivity contribution is -0.313. The van der Waals surface area contributed by atoms with E-state index in [9.17, 15) is 14.7 Å². The number of carbonyl (C=O) groups excluding carboxylic acids is 2. The van der Waals surface area contributed by atoms with E-state index in [0.29, 0.717) is 5.69 Å². The summed E-state index contributed by atoms with van der Waals surface area (Å²) in [4.78, 5) is 25.9. The maximum atomic E-state index is 13.5.